The van der Waals surface area contributed by atoms with E-state index in [0.29, 0.717) is 39.8 Å². The molecule has 3 aromatic rings. The Morgan fingerprint density at radius 1 is 1.45 bits per heavy atom. The van der Waals surface area contributed by atoms with Crippen molar-refractivity contribution < 1.29 is 19.1 Å². The van der Waals surface area contributed by atoms with Crippen LogP contribution in [0.1, 0.15) is 30.1 Å². The lowest BCUT2D eigenvalue weighted by Gasteiger charge is -2.19. The van der Waals surface area contributed by atoms with E-state index in [1.165, 1.54) is 0 Å². The fraction of sp³-hybridized carbons (Fsp3) is 0.300. The van der Waals surface area contributed by atoms with Crippen molar-refractivity contribution in [2.24, 2.45) is 7.05 Å². The molecule has 1 unspecified atom stereocenters. The molecule has 1 atom stereocenters. The highest BCUT2D eigenvalue weighted by molar-refractivity contribution is 7.11. The van der Waals surface area contributed by atoms with Crippen molar-refractivity contribution in [2.75, 3.05) is 11.9 Å². The van der Waals surface area contributed by atoms with Crippen molar-refractivity contribution in [3.05, 3.63) is 41.0 Å². The van der Waals surface area contributed by atoms with Crippen LogP contribution in [0.15, 0.2) is 18.2 Å². The third-order valence-corrected chi connectivity index (χ3v) is 5.82. The van der Waals surface area contributed by atoms with Gasteiger partial charge in [-0.2, -0.15) is 5.10 Å². The molecule has 2 N–H and O–H groups in total. The van der Waals surface area contributed by atoms with Gasteiger partial charge in [-0.15, -0.1) is 0 Å². The first-order chi connectivity index (χ1) is 14.9. The standard InChI is InChI=1S/C20H18N6O4S/c1-10-16(21-2)20(31-25-10)23-15(28)9-30-13-6-4-5-11-17(24-26(3)18(11)13)12-7-8-14(27)22-19(12)29/h4-6,12H,7-9H2,1,3H3,(H,23,28)(H,22,27,29). The number of aromatic nitrogens is 3. The number of ether oxygens (including phenoxy) is 1. The number of hydrogen-bond donors (Lipinski definition) is 2. The molecule has 1 aliphatic rings. The van der Waals surface area contributed by atoms with Crippen molar-refractivity contribution in [1.29, 1.82) is 0 Å². The number of aryl methyl sites for hydroxylation is 2. The second-order valence-corrected chi connectivity index (χ2v) is 7.83. The highest BCUT2D eigenvalue weighted by atomic mass is 32.1. The third kappa shape index (κ3) is 3.85. The van der Waals surface area contributed by atoms with E-state index in [0.717, 1.165) is 16.9 Å². The quantitative estimate of drug-likeness (QED) is 0.466. The number of nitrogens with one attached hydrogen (secondary N) is 2. The average Bonchev–Trinajstić information content (AvgIpc) is 3.26. The fourth-order valence-corrected chi connectivity index (χ4v) is 4.30. The largest absolute Gasteiger partial charge is 0.481 e. The summed E-state index contributed by atoms with van der Waals surface area (Å²) in [5, 5.41) is 10.6. The van der Waals surface area contributed by atoms with Gasteiger partial charge < -0.3 is 10.1 Å². The van der Waals surface area contributed by atoms with Crippen LogP contribution in [0.2, 0.25) is 0 Å². The van der Waals surface area contributed by atoms with Crippen LogP contribution in [0.5, 0.6) is 5.75 Å². The van der Waals surface area contributed by atoms with E-state index in [1.54, 1.807) is 30.8 Å². The maximum atomic E-state index is 12.3. The van der Waals surface area contributed by atoms with Crippen molar-refractivity contribution in [3.63, 3.8) is 0 Å². The van der Waals surface area contributed by atoms with Crippen molar-refractivity contribution in [1.82, 2.24) is 19.5 Å². The molecule has 4 rings (SSSR count). The van der Waals surface area contributed by atoms with Crippen molar-refractivity contribution >= 4 is 50.8 Å². The molecule has 3 amide bonds. The minimum atomic E-state index is -0.526. The van der Waals surface area contributed by atoms with E-state index in [2.05, 4.69) is 25.0 Å². The minimum Gasteiger partial charge on any atom is -0.481 e. The van der Waals surface area contributed by atoms with Crippen LogP contribution in [-0.4, -0.2) is 38.5 Å². The number of piperidine rings is 1. The molecule has 11 heteroatoms. The highest BCUT2D eigenvalue weighted by Gasteiger charge is 2.32. The summed E-state index contributed by atoms with van der Waals surface area (Å²) in [5.41, 5.74) is 2.10. The van der Waals surface area contributed by atoms with Crippen LogP contribution in [0.4, 0.5) is 10.7 Å². The fourth-order valence-electron chi connectivity index (χ4n) is 3.54. The Morgan fingerprint density at radius 2 is 2.26 bits per heavy atom. The first kappa shape index (κ1) is 20.5. The second-order valence-electron chi connectivity index (χ2n) is 7.06. The number of para-hydroxylation sites is 1. The molecular weight excluding hydrogens is 420 g/mol. The maximum absolute atomic E-state index is 12.3. The Morgan fingerprint density at radius 3 is 3.00 bits per heavy atom. The van der Waals surface area contributed by atoms with Crippen LogP contribution in [-0.2, 0) is 21.4 Å². The van der Waals surface area contributed by atoms with Crippen LogP contribution < -0.4 is 15.4 Å². The zero-order chi connectivity index (χ0) is 22.1. The van der Waals surface area contributed by atoms with E-state index in [1.807, 2.05) is 6.07 Å². The molecule has 1 saturated heterocycles. The molecule has 0 bridgehead atoms. The highest BCUT2D eigenvalue weighted by Crippen LogP contribution is 2.35. The molecule has 1 aromatic carbocycles. The Hall–Kier alpha value is -3.78. The zero-order valence-electron chi connectivity index (χ0n) is 16.8. The van der Waals surface area contributed by atoms with Gasteiger partial charge in [-0.3, -0.25) is 24.4 Å². The summed E-state index contributed by atoms with van der Waals surface area (Å²) in [6.45, 7) is 8.64. The summed E-state index contributed by atoms with van der Waals surface area (Å²) >= 11 is 1.05. The monoisotopic (exact) mass is 438 g/mol. The predicted molar refractivity (Wildman–Crippen MR) is 113 cm³/mol. The van der Waals surface area contributed by atoms with Gasteiger partial charge in [0.2, 0.25) is 17.5 Å². The number of imide groups is 1. The summed E-state index contributed by atoms with van der Waals surface area (Å²) in [5.74, 6) is -1.15. The van der Waals surface area contributed by atoms with E-state index in [-0.39, 0.29) is 24.8 Å². The number of carbonyl (C=O) groups excluding carboxylic acids is 3. The number of carbonyl (C=O) groups is 3. The van der Waals surface area contributed by atoms with Crippen LogP contribution in [0.3, 0.4) is 0 Å². The zero-order valence-corrected chi connectivity index (χ0v) is 17.6. The van der Waals surface area contributed by atoms with E-state index in [4.69, 9.17) is 11.3 Å². The topological polar surface area (TPSA) is 120 Å². The maximum Gasteiger partial charge on any atom is 0.261 e. The summed E-state index contributed by atoms with van der Waals surface area (Å²) in [4.78, 5) is 39.5. The SMILES string of the molecule is [C-]#[N+]c1c(C)nsc1NC(=O)COc1cccc2c(C3CCC(=O)NC3=O)nn(C)c12. The van der Waals surface area contributed by atoms with Gasteiger partial charge in [0.15, 0.2) is 6.61 Å². The van der Waals surface area contributed by atoms with Crippen LogP contribution in [0.25, 0.3) is 15.7 Å². The minimum absolute atomic E-state index is 0.258. The first-order valence-corrected chi connectivity index (χ1v) is 10.2. The molecule has 0 saturated carbocycles. The number of benzene rings is 1. The molecule has 10 nitrogen and oxygen atoms in total. The Labute approximate surface area is 181 Å². The van der Waals surface area contributed by atoms with E-state index >= 15 is 0 Å². The van der Waals surface area contributed by atoms with Gasteiger partial charge in [0.25, 0.3) is 5.91 Å². The average molecular weight is 438 g/mol. The van der Waals surface area contributed by atoms with Gasteiger partial charge in [0.05, 0.1) is 23.9 Å². The Balaban J connectivity index is 1.54. The lowest BCUT2D eigenvalue weighted by molar-refractivity contribution is -0.134. The normalized spacial score (nSPS) is 16.1. The molecule has 3 heterocycles. The lowest BCUT2D eigenvalue weighted by atomic mass is 9.93. The molecule has 1 fully saturated rings. The van der Waals surface area contributed by atoms with Gasteiger partial charge in [0.1, 0.15) is 16.3 Å². The predicted octanol–water partition coefficient (Wildman–Crippen LogP) is 2.43. The molecule has 0 aliphatic carbocycles. The molecule has 1 aliphatic heterocycles. The number of amides is 3. The van der Waals surface area contributed by atoms with Gasteiger partial charge in [-0.1, -0.05) is 12.1 Å². The second kappa shape index (κ2) is 8.16. The lowest BCUT2D eigenvalue weighted by Crippen LogP contribution is -2.39. The van der Waals surface area contributed by atoms with Gasteiger partial charge >= 0.3 is 0 Å². The summed E-state index contributed by atoms with van der Waals surface area (Å²) in [7, 11) is 1.73. The first-order valence-electron chi connectivity index (χ1n) is 9.44. The summed E-state index contributed by atoms with van der Waals surface area (Å²) < 4.78 is 11.4. The molecule has 31 heavy (non-hydrogen) atoms. The van der Waals surface area contributed by atoms with E-state index in [9.17, 15) is 14.4 Å². The summed E-state index contributed by atoms with van der Waals surface area (Å²) in [6, 6.07) is 5.31. The van der Waals surface area contributed by atoms with Crippen molar-refractivity contribution in [3.8, 4) is 5.75 Å². The number of anilines is 1. The van der Waals surface area contributed by atoms with Gasteiger partial charge in [-0.05, 0) is 30.9 Å². The molecular formula is C20H18N6O4S. The molecule has 0 spiro atoms. The molecule has 158 valence electrons. The third-order valence-electron chi connectivity index (χ3n) is 4.98. The van der Waals surface area contributed by atoms with Crippen LogP contribution >= 0.6 is 11.5 Å². The molecule has 2 aromatic heterocycles. The van der Waals surface area contributed by atoms with Gasteiger partial charge in [-0.25, -0.2) is 9.22 Å². The smallest absolute Gasteiger partial charge is 0.261 e. The van der Waals surface area contributed by atoms with Crippen molar-refractivity contribution in [2.45, 2.75) is 25.7 Å². The number of hydrogen-bond acceptors (Lipinski definition) is 7. The van der Waals surface area contributed by atoms with Gasteiger partial charge in [0, 0.05) is 18.9 Å². The molecule has 0 radical (unpaired) electrons. The number of rotatable bonds is 5. The summed E-state index contributed by atoms with van der Waals surface area (Å²) in [6.07, 6.45) is 0.649. The van der Waals surface area contributed by atoms with E-state index < -0.39 is 11.8 Å². The number of fused-ring (bicyclic) bond motifs is 1. The van der Waals surface area contributed by atoms with Crippen LogP contribution in [0, 0.1) is 13.5 Å². The number of nitrogens with zero attached hydrogens (tertiary/aromatic N) is 4. The Kier molecular flexibility index (Phi) is 5.39. The Bertz CT molecular complexity index is 1250.